The summed E-state index contributed by atoms with van der Waals surface area (Å²) in [4.78, 5) is 18.9. The van der Waals surface area contributed by atoms with Gasteiger partial charge in [-0.25, -0.2) is 4.98 Å². The van der Waals surface area contributed by atoms with Crippen molar-refractivity contribution in [2.75, 3.05) is 25.0 Å². The molecule has 2 aliphatic heterocycles. The summed E-state index contributed by atoms with van der Waals surface area (Å²) >= 11 is 0. The molecule has 3 aromatic rings. The molecule has 1 unspecified atom stereocenters. The van der Waals surface area contributed by atoms with E-state index < -0.39 is 12.0 Å². The van der Waals surface area contributed by atoms with Crippen molar-refractivity contribution in [1.29, 1.82) is 0 Å². The summed E-state index contributed by atoms with van der Waals surface area (Å²) in [5.74, 6) is 0.222. The average Bonchev–Trinajstić information content (AvgIpc) is 3.21. The molecule has 8 nitrogen and oxygen atoms in total. The lowest BCUT2D eigenvalue weighted by Crippen LogP contribution is -2.55. The van der Waals surface area contributed by atoms with Crippen molar-refractivity contribution in [3.05, 3.63) is 53.3 Å². The van der Waals surface area contributed by atoms with Gasteiger partial charge in [-0.3, -0.25) is 14.4 Å². The first-order chi connectivity index (χ1) is 18.2. The number of carboxylic acid groups (broad SMARTS) is 1. The lowest BCUT2D eigenvalue weighted by molar-refractivity contribution is -0.150. The maximum atomic E-state index is 12.5. The second kappa shape index (κ2) is 11.0. The fourth-order valence-electron chi connectivity index (χ4n) is 5.82. The van der Waals surface area contributed by atoms with Crippen LogP contribution in [-0.2, 0) is 21.5 Å². The van der Waals surface area contributed by atoms with E-state index in [1.165, 1.54) is 18.4 Å². The van der Waals surface area contributed by atoms with Crippen molar-refractivity contribution in [3.63, 3.8) is 0 Å². The third kappa shape index (κ3) is 5.57. The highest BCUT2D eigenvalue weighted by Gasteiger charge is 2.39. The zero-order valence-corrected chi connectivity index (χ0v) is 23.1. The molecule has 204 valence electrons. The molecule has 0 saturated carbocycles. The molecule has 1 aromatic carbocycles. The van der Waals surface area contributed by atoms with Crippen molar-refractivity contribution >= 4 is 22.7 Å². The first kappa shape index (κ1) is 26.6. The molecule has 4 heterocycles. The van der Waals surface area contributed by atoms with Crippen molar-refractivity contribution in [2.45, 2.75) is 89.9 Å². The first-order valence-electron chi connectivity index (χ1n) is 14.0. The number of para-hydroxylation sites is 1. The predicted octanol–water partition coefficient (Wildman–Crippen LogP) is 5.31. The number of benzene rings is 1. The number of hydrogen-bond acceptors (Lipinski definition) is 6. The predicted molar refractivity (Wildman–Crippen MR) is 150 cm³/mol. The van der Waals surface area contributed by atoms with Gasteiger partial charge in [0.25, 0.3) is 0 Å². The van der Waals surface area contributed by atoms with E-state index in [1.54, 1.807) is 0 Å². The van der Waals surface area contributed by atoms with Gasteiger partial charge >= 0.3 is 5.97 Å². The van der Waals surface area contributed by atoms with E-state index in [2.05, 4.69) is 37.1 Å². The van der Waals surface area contributed by atoms with Crippen LogP contribution >= 0.6 is 0 Å². The molecule has 0 bridgehead atoms. The van der Waals surface area contributed by atoms with E-state index in [4.69, 9.17) is 9.84 Å². The van der Waals surface area contributed by atoms with Crippen LogP contribution in [0.15, 0.2) is 36.5 Å². The minimum absolute atomic E-state index is 0.0907. The van der Waals surface area contributed by atoms with Gasteiger partial charge in [-0.2, -0.15) is 5.10 Å². The van der Waals surface area contributed by atoms with E-state index in [-0.39, 0.29) is 11.6 Å². The maximum absolute atomic E-state index is 12.5. The van der Waals surface area contributed by atoms with Gasteiger partial charge in [0.1, 0.15) is 11.9 Å². The summed E-state index contributed by atoms with van der Waals surface area (Å²) in [6, 6.07) is 9.88. The lowest BCUT2D eigenvalue weighted by Gasteiger charge is -2.42. The van der Waals surface area contributed by atoms with E-state index in [9.17, 15) is 9.90 Å². The minimum Gasteiger partial charge on any atom is -0.480 e. The molecule has 5 rings (SSSR count). The standard InChI is InChI=1S/C30H41N5O3/c1-20-24-12-8-13-25(26(24)35(33-20)30(2,3)4)27(29(36)37)34-18-23(19-34)38-17-7-5-6-11-22-15-14-21-10-9-16-31-28(21)32-22/h8-10,12-13,16,22-23,27H,5-7,11,14-15,17-19H2,1-4H3,(H,31,32)(H,36,37)/t22-,27?/m1/s1. The van der Waals surface area contributed by atoms with E-state index in [1.807, 2.05) is 47.0 Å². The molecule has 8 heteroatoms. The smallest absolute Gasteiger partial charge is 0.325 e. The summed E-state index contributed by atoms with van der Waals surface area (Å²) in [5.41, 5.74) is 3.72. The number of aromatic nitrogens is 3. The number of fused-ring (bicyclic) bond motifs is 2. The van der Waals surface area contributed by atoms with Crippen LogP contribution in [0.5, 0.6) is 0 Å². The Morgan fingerprint density at radius 1 is 1.18 bits per heavy atom. The van der Waals surface area contributed by atoms with Crippen LogP contribution in [0.2, 0.25) is 0 Å². The highest BCUT2D eigenvalue weighted by atomic mass is 16.5. The summed E-state index contributed by atoms with van der Waals surface area (Å²) in [6.07, 6.45) is 8.72. The number of nitrogens with one attached hydrogen (secondary N) is 1. The fourth-order valence-corrected chi connectivity index (χ4v) is 5.82. The van der Waals surface area contributed by atoms with Gasteiger partial charge in [-0.05, 0) is 65.0 Å². The Morgan fingerprint density at radius 2 is 2.00 bits per heavy atom. The summed E-state index contributed by atoms with van der Waals surface area (Å²) < 4.78 is 8.09. The molecule has 2 atom stereocenters. The van der Waals surface area contributed by atoms with E-state index >= 15 is 0 Å². The first-order valence-corrected chi connectivity index (χ1v) is 14.0. The number of aryl methyl sites for hydroxylation is 2. The zero-order chi connectivity index (χ0) is 26.9. The van der Waals surface area contributed by atoms with Crippen LogP contribution in [0.4, 0.5) is 5.82 Å². The topological polar surface area (TPSA) is 92.5 Å². The second-order valence-corrected chi connectivity index (χ2v) is 11.8. The number of ether oxygens (including phenoxy) is 1. The number of hydrogen-bond donors (Lipinski definition) is 2. The largest absolute Gasteiger partial charge is 0.480 e. The highest BCUT2D eigenvalue weighted by Crippen LogP contribution is 2.35. The number of aliphatic carboxylic acids is 1. The Bertz CT molecular complexity index is 1270. The summed E-state index contributed by atoms with van der Waals surface area (Å²) in [6.45, 7) is 10.3. The second-order valence-electron chi connectivity index (χ2n) is 11.8. The molecule has 38 heavy (non-hydrogen) atoms. The van der Waals surface area contributed by atoms with Crippen LogP contribution < -0.4 is 5.32 Å². The lowest BCUT2D eigenvalue weighted by atomic mass is 9.96. The molecular formula is C30H41N5O3. The van der Waals surface area contributed by atoms with Crippen molar-refractivity contribution in [2.24, 2.45) is 0 Å². The average molecular weight is 520 g/mol. The number of unbranched alkanes of at least 4 members (excludes halogenated alkanes) is 2. The molecule has 0 spiro atoms. The normalized spacial score (nSPS) is 19.1. The molecule has 0 amide bonds. The molecule has 1 fully saturated rings. The molecule has 0 radical (unpaired) electrons. The van der Waals surface area contributed by atoms with Crippen LogP contribution in [0.3, 0.4) is 0 Å². The van der Waals surface area contributed by atoms with Crippen molar-refractivity contribution in [1.82, 2.24) is 19.7 Å². The van der Waals surface area contributed by atoms with E-state index in [0.717, 1.165) is 60.3 Å². The Hall–Kier alpha value is -2.97. The number of pyridine rings is 1. The summed E-state index contributed by atoms with van der Waals surface area (Å²) in [7, 11) is 0. The number of anilines is 1. The molecule has 1 saturated heterocycles. The fraction of sp³-hybridized carbons (Fsp3) is 0.567. The number of carboxylic acids is 1. The molecule has 2 N–H and O–H groups in total. The number of nitrogens with zero attached hydrogens (tertiary/aromatic N) is 4. The van der Waals surface area contributed by atoms with Crippen LogP contribution in [-0.4, -0.2) is 62.6 Å². The quantitative estimate of drug-likeness (QED) is 0.351. The van der Waals surface area contributed by atoms with Crippen LogP contribution in [0, 0.1) is 6.92 Å². The number of rotatable bonds is 10. The third-order valence-corrected chi connectivity index (χ3v) is 7.87. The van der Waals surface area contributed by atoms with Gasteiger partial charge in [0.2, 0.25) is 0 Å². The van der Waals surface area contributed by atoms with Gasteiger partial charge in [0, 0.05) is 42.9 Å². The Morgan fingerprint density at radius 3 is 2.76 bits per heavy atom. The zero-order valence-electron chi connectivity index (χ0n) is 23.1. The van der Waals surface area contributed by atoms with Gasteiger partial charge in [-0.1, -0.05) is 37.1 Å². The maximum Gasteiger partial charge on any atom is 0.325 e. The Balaban J connectivity index is 1.09. The SMILES string of the molecule is Cc1nn(C(C)(C)C)c2c(C(C(=O)O)N3CC(OCCCCC[C@@H]4CCc5cccnc5N4)C3)cccc12. The van der Waals surface area contributed by atoms with E-state index in [0.29, 0.717) is 19.1 Å². The Kier molecular flexibility index (Phi) is 7.73. The van der Waals surface area contributed by atoms with Gasteiger partial charge in [0.05, 0.1) is 22.9 Å². The number of carbonyl (C=O) groups is 1. The number of likely N-dealkylation sites (tertiary alicyclic amines) is 1. The molecule has 2 aromatic heterocycles. The molecule has 0 aliphatic carbocycles. The van der Waals surface area contributed by atoms with Gasteiger partial charge in [0.15, 0.2) is 0 Å². The molecule has 2 aliphatic rings. The third-order valence-electron chi connectivity index (χ3n) is 7.87. The van der Waals surface area contributed by atoms with Crippen LogP contribution in [0.25, 0.3) is 10.9 Å². The Labute approximate surface area is 225 Å². The van der Waals surface area contributed by atoms with Gasteiger partial charge in [-0.15, -0.1) is 0 Å². The highest BCUT2D eigenvalue weighted by molar-refractivity contribution is 5.90. The van der Waals surface area contributed by atoms with Gasteiger partial charge < -0.3 is 15.2 Å². The summed E-state index contributed by atoms with van der Waals surface area (Å²) in [5, 5.41) is 19.6. The van der Waals surface area contributed by atoms with Crippen molar-refractivity contribution < 1.29 is 14.6 Å². The molecular weight excluding hydrogens is 478 g/mol. The minimum atomic E-state index is -0.829. The van der Waals surface area contributed by atoms with Crippen LogP contribution in [0.1, 0.15) is 75.7 Å². The van der Waals surface area contributed by atoms with Crippen molar-refractivity contribution in [3.8, 4) is 0 Å². The monoisotopic (exact) mass is 519 g/mol.